The van der Waals surface area contributed by atoms with Gasteiger partial charge in [0, 0.05) is 11.6 Å². The molecular weight excluding hydrogens is 464 g/mol. The molecule has 0 aromatic heterocycles. The second-order valence-corrected chi connectivity index (χ2v) is 9.96. The van der Waals surface area contributed by atoms with Crippen molar-refractivity contribution >= 4 is 17.5 Å². The van der Waals surface area contributed by atoms with Crippen molar-refractivity contribution in [3.63, 3.8) is 0 Å². The number of amides is 2. The van der Waals surface area contributed by atoms with Crippen molar-refractivity contribution in [1.29, 1.82) is 0 Å². The second-order valence-electron chi connectivity index (χ2n) is 9.96. The Morgan fingerprint density at radius 2 is 1.65 bits per heavy atom. The third-order valence-electron chi connectivity index (χ3n) is 7.12. The lowest BCUT2D eigenvalue weighted by atomic mass is 9.70. The van der Waals surface area contributed by atoms with Crippen molar-refractivity contribution in [3.05, 3.63) is 89.5 Å². The third-order valence-corrected chi connectivity index (χ3v) is 7.12. The van der Waals surface area contributed by atoms with Crippen molar-refractivity contribution in [3.8, 4) is 11.5 Å². The molecule has 1 fully saturated rings. The lowest BCUT2D eigenvalue weighted by molar-refractivity contribution is -0.137. The van der Waals surface area contributed by atoms with E-state index in [9.17, 15) is 9.59 Å². The number of benzene rings is 3. The lowest BCUT2D eigenvalue weighted by Gasteiger charge is -2.43. The van der Waals surface area contributed by atoms with Gasteiger partial charge in [-0.15, -0.1) is 0 Å². The van der Waals surface area contributed by atoms with Crippen LogP contribution >= 0.6 is 0 Å². The number of carbonyl (C=O) groups excluding carboxylic acids is 2. The fourth-order valence-electron chi connectivity index (χ4n) is 4.90. The first-order chi connectivity index (χ1) is 17.8. The van der Waals surface area contributed by atoms with Gasteiger partial charge >= 0.3 is 0 Å². The Bertz CT molecular complexity index is 1210. The smallest absolute Gasteiger partial charge is 0.237 e. The number of hydrogen-bond donors (Lipinski definition) is 2. The van der Waals surface area contributed by atoms with Crippen molar-refractivity contribution in [1.82, 2.24) is 5.32 Å². The van der Waals surface area contributed by atoms with E-state index >= 15 is 0 Å². The summed E-state index contributed by atoms with van der Waals surface area (Å²) in [6, 6.07) is 23.1. The Kier molecular flexibility index (Phi) is 8.17. The number of unbranched alkanes of at least 4 members (excludes halogenated alkanes) is 1. The van der Waals surface area contributed by atoms with E-state index in [1.54, 1.807) is 31.4 Å². The first-order valence-electron chi connectivity index (χ1n) is 12.9. The van der Waals surface area contributed by atoms with E-state index in [4.69, 9.17) is 9.47 Å². The van der Waals surface area contributed by atoms with Crippen LogP contribution in [-0.4, -0.2) is 25.5 Å². The third kappa shape index (κ3) is 6.13. The summed E-state index contributed by atoms with van der Waals surface area (Å²) in [5.41, 5.74) is 3.07. The van der Waals surface area contributed by atoms with Crippen LogP contribution in [0, 0.1) is 12.8 Å². The number of hydrogen-bond acceptors (Lipinski definition) is 4. The van der Waals surface area contributed by atoms with Crippen LogP contribution in [0.15, 0.2) is 72.8 Å². The molecule has 2 unspecified atom stereocenters. The lowest BCUT2D eigenvalue weighted by Crippen LogP contribution is -2.56. The Labute approximate surface area is 219 Å². The maximum absolute atomic E-state index is 13.6. The van der Waals surface area contributed by atoms with Crippen molar-refractivity contribution in [2.75, 3.05) is 19.0 Å². The molecular formula is C31H36N2O4. The molecule has 1 saturated heterocycles. The quantitative estimate of drug-likeness (QED) is 0.281. The largest absolute Gasteiger partial charge is 0.497 e. The van der Waals surface area contributed by atoms with Crippen LogP contribution in [0.25, 0.3) is 0 Å². The van der Waals surface area contributed by atoms with Crippen molar-refractivity contribution in [2.45, 2.75) is 51.5 Å². The average molecular weight is 501 g/mol. The summed E-state index contributed by atoms with van der Waals surface area (Å²) in [4.78, 5) is 27.1. The molecule has 1 heterocycles. The molecule has 0 aliphatic carbocycles. The first-order valence-corrected chi connectivity index (χ1v) is 12.9. The second kappa shape index (κ2) is 11.5. The summed E-state index contributed by atoms with van der Waals surface area (Å²) in [5, 5.41) is 6.10. The highest BCUT2D eigenvalue weighted by molar-refractivity contribution is 6.08. The maximum Gasteiger partial charge on any atom is 0.237 e. The van der Waals surface area contributed by atoms with Crippen LogP contribution in [0.2, 0.25) is 0 Å². The van der Waals surface area contributed by atoms with Gasteiger partial charge in [0.2, 0.25) is 11.8 Å². The zero-order valence-electron chi connectivity index (χ0n) is 22.0. The normalized spacial score (nSPS) is 21.1. The molecule has 0 spiro atoms. The van der Waals surface area contributed by atoms with Crippen LogP contribution in [0.1, 0.15) is 55.7 Å². The van der Waals surface area contributed by atoms with Gasteiger partial charge in [0.25, 0.3) is 0 Å². The van der Waals surface area contributed by atoms with E-state index < -0.39 is 11.5 Å². The molecule has 2 amide bonds. The van der Waals surface area contributed by atoms with Gasteiger partial charge in [0.1, 0.15) is 17.4 Å². The van der Waals surface area contributed by atoms with Gasteiger partial charge in [-0.1, -0.05) is 55.3 Å². The van der Waals surface area contributed by atoms with Gasteiger partial charge in [-0.3, -0.25) is 9.59 Å². The number of nitrogens with one attached hydrogen (secondary N) is 2. The summed E-state index contributed by atoms with van der Waals surface area (Å²) in [6.45, 7) is 6.87. The molecule has 194 valence electrons. The van der Waals surface area contributed by atoms with Crippen LogP contribution in [0.5, 0.6) is 11.5 Å². The van der Waals surface area contributed by atoms with Crippen molar-refractivity contribution in [2.24, 2.45) is 5.92 Å². The molecule has 1 aliphatic rings. The highest BCUT2D eigenvalue weighted by atomic mass is 16.5. The fourth-order valence-corrected chi connectivity index (χ4v) is 4.90. The Morgan fingerprint density at radius 3 is 2.27 bits per heavy atom. The Morgan fingerprint density at radius 1 is 1.00 bits per heavy atom. The topological polar surface area (TPSA) is 76.7 Å². The minimum Gasteiger partial charge on any atom is -0.497 e. The van der Waals surface area contributed by atoms with Crippen LogP contribution in [0.4, 0.5) is 5.69 Å². The van der Waals surface area contributed by atoms with Gasteiger partial charge in [-0.05, 0) is 74.2 Å². The summed E-state index contributed by atoms with van der Waals surface area (Å²) < 4.78 is 11.0. The molecule has 0 radical (unpaired) electrons. The van der Waals surface area contributed by atoms with E-state index in [0.717, 1.165) is 35.3 Å². The zero-order chi connectivity index (χ0) is 26.4. The molecule has 37 heavy (non-hydrogen) atoms. The molecule has 3 atom stereocenters. The first kappa shape index (κ1) is 26.3. The SMILES string of the molecule is CCCCOc1ccc([C@]2(C)CC(c3ccc(C)cc3)C(C(=O)Nc3ccc(OC)cc3)C(=O)N2)cc1. The predicted octanol–water partition coefficient (Wildman–Crippen LogP) is 5.96. The minimum atomic E-state index is -0.866. The number of aryl methyl sites for hydroxylation is 1. The molecule has 2 N–H and O–H groups in total. The van der Waals surface area contributed by atoms with Gasteiger partial charge in [-0.25, -0.2) is 0 Å². The van der Waals surface area contributed by atoms with E-state index in [2.05, 4.69) is 17.6 Å². The molecule has 0 saturated carbocycles. The Balaban J connectivity index is 1.60. The molecule has 6 nitrogen and oxygen atoms in total. The number of ether oxygens (including phenoxy) is 2. The number of methoxy groups -OCH3 is 1. The molecule has 6 heteroatoms. The summed E-state index contributed by atoms with van der Waals surface area (Å²) in [6.07, 6.45) is 2.67. The van der Waals surface area contributed by atoms with E-state index in [0.29, 0.717) is 24.5 Å². The monoisotopic (exact) mass is 500 g/mol. The number of piperidine rings is 1. The van der Waals surface area contributed by atoms with Gasteiger partial charge in [-0.2, -0.15) is 0 Å². The van der Waals surface area contributed by atoms with Gasteiger partial charge in [0.15, 0.2) is 0 Å². The molecule has 3 aromatic carbocycles. The number of carbonyl (C=O) groups is 2. The van der Waals surface area contributed by atoms with Crippen LogP contribution in [0.3, 0.4) is 0 Å². The van der Waals surface area contributed by atoms with E-state index in [-0.39, 0.29) is 17.7 Å². The minimum absolute atomic E-state index is 0.284. The summed E-state index contributed by atoms with van der Waals surface area (Å²) in [5.74, 6) is -0.255. The molecule has 3 aromatic rings. The standard InChI is InChI=1S/C31H36N2O4/c1-5-6-19-37-26-15-11-23(12-16-26)31(3)20-27(22-9-7-21(2)8-10-22)28(30(35)33-31)29(34)32-24-13-17-25(36-4)18-14-24/h7-18,27-28H,5-6,19-20H2,1-4H3,(H,32,34)(H,33,35)/t27?,28?,31-/m0/s1. The summed E-state index contributed by atoms with van der Waals surface area (Å²) in [7, 11) is 1.59. The van der Waals surface area contributed by atoms with Gasteiger partial charge < -0.3 is 20.1 Å². The zero-order valence-corrected chi connectivity index (χ0v) is 22.0. The van der Waals surface area contributed by atoms with Crippen LogP contribution in [-0.2, 0) is 15.1 Å². The highest BCUT2D eigenvalue weighted by Crippen LogP contribution is 2.42. The molecule has 4 rings (SSSR count). The summed E-state index contributed by atoms with van der Waals surface area (Å²) >= 11 is 0. The molecule has 1 aliphatic heterocycles. The predicted molar refractivity (Wildman–Crippen MR) is 146 cm³/mol. The van der Waals surface area contributed by atoms with Crippen molar-refractivity contribution < 1.29 is 19.1 Å². The van der Waals surface area contributed by atoms with E-state index in [1.165, 1.54) is 0 Å². The molecule has 0 bridgehead atoms. The number of rotatable bonds is 9. The number of anilines is 1. The van der Waals surface area contributed by atoms with Crippen LogP contribution < -0.4 is 20.1 Å². The Hall–Kier alpha value is -3.80. The van der Waals surface area contributed by atoms with Gasteiger partial charge in [0.05, 0.1) is 19.3 Å². The van der Waals surface area contributed by atoms with E-state index in [1.807, 2.05) is 62.4 Å². The average Bonchev–Trinajstić information content (AvgIpc) is 2.89. The maximum atomic E-state index is 13.6. The fraction of sp³-hybridized carbons (Fsp3) is 0.355. The highest BCUT2D eigenvalue weighted by Gasteiger charge is 2.47.